The number of rotatable bonds is 1. The molecule has 0 saturated heterocycles. The molecule has 0 fully saturated rings. The molecule has 2 heterocycles. The molecule has 0 amide bonds. The van der Waals surface area contributed by atoms with E-state index < -0.39 is 0 Å². The van der Waals surface area contributed by atoms with Crippen molar-refractivity contribution >= 4 is 5.78 Å². The van der Waals surface area contributed by atoms with Gasteiger partial charge in [0.15, 0.2) is 5.78 Å². The van der Waals surface area contributed by atoms with Crippen LogP contribution in [0, 0.1) is 6.92 Å². The molecule has 0 radical (unpaired) electrons. The van der Waals surface area contributed by atoms with Gasteiger partial charge in [0.1, 0.15) is 0 Å². The minimum Gasteiger partial charge on any atom is -0.294 e. The largest absolute Gasteiger partial charge is 0.294 e. The molecule has 0 saturated carbocycles. The minimum atomic E-state index is 0.167. The molecule has 0 unspecified atom stereocenters. The number of aromatic nitrogens is 2. The molecule has 0 aliphatic heterocycles. The molecule has 1 aliphatic rings. The molecule has 3 heteroatoms. The predicted octanol–water partition coefficient (Wildman–Crippen LogP) is 2.70. The summed E-state index contributed by atoms with van der Waals surface area (Å²) in [5.74, 6) is 0.359. The van der Waals surface area contributed by atoms with Gasteiger partial charge in [-0.25, -0.2) is 0 Å². The first kappa shape index (κ1) is 11.1. The van der Waals surface area contributed by atoms with Crippen molar-refractivity contribution in [2.75, 3.05) is 0 Å². The van der Waals surface area contributed by atoms with Crippen molar-refractivity contribution in [3.8, 4) is 0 Å². The maximum atomic E-state index is 12.2. The first-order chi connectivity index (χ1) is 8.75. The Labute approximate surface area is 106 Å². The molecule has 3 nitrogen and oxygen atoms in total. The van der Waals surface area contributed by atoms with Crippen molar-refractivity contribution in [2.24, 2.45) is 0 Å². The summed E-state index contributed by atoms with van der Waals surface area (Å²) in [5.41, 5.74) is 3.76. The quantitative estimate of drug-likeness (QED) is 0.767. The van der Waals surface area contributed by atoms with Gasteiger partial charge in [0.05, 0.1) is 5.69 Å². The smallest absolute Gasteiger partial charge is 0.165 e. The second-order valence-corrected chi connectivity index (χ2v) is 4.73. The Balaban J connectivity index is 2.00. The summed E-state index contributed by atoms with van der Waals surface area (Å²) < 4.78 is 0. The number of fused-ring (bicyclic) bond motifs is 1. The molecule has 0 N–H and O–H groups in total. The van der Waals surface area contributed by atoms with E-state index >= 15 is 0 Å². The van der Waals surface area contributed by atoms with Crippen molar-refractivity contribution in [2.45, 2.75) is 25.7 Å². The van der Waals surface area contributed by atoms with Gasteiger partial charge in [0.25, 0.3) is 0 Å². The standard InChI is InChI=1S/C15H14N2O/c1-10-5-7-17-13-8-11(9-14(18)15(10)13)12-4-2-3-6-16-12/h2-7,11H,8-9H2,1H3/t11-/m0/s1. The van der Waals surface area contributed by atoms with Crippen LogP contribution < -0.4 is 0 Å². The van der Waals surface area contributed by atoms with Gasteiger partial charge in [-0.3, -0.25) is 14.8 Å². The van der Waals surface area contributed by atoms with E-state index in [0.29, 0.717) is 6.42 Å². The van der Waals surface area contributed by atoms with Crippen LogP contribution in [0.5, 0.6) is 0 Å². The van der Waals surface area contributed by atoms with Crippen molar-refractivity contribution < 1.29 is 4.79 Å². The third kappa shape index (κ3) is 1.82. The molecule has 2 aromatic rings. The summed E-state index contributed by atoms with van der Waals surface area (Å²) in [6.45, 7) is 1.97. The highest BCUT2D eigenvalue weighted by atomic mass is 16.1. The molecule has 3 rings (SSSR count). The van der Waals surface area contributed by atoms with Gasteiger partial charge >= 0.3 is 0 Å². The van der Waals surface area contributed by atoms with Gasteiger partial charge in [-0.15, -0.1) is 0 Å². The zero-order valence-corrected chi connectivity index (χ0v) is 10.3. The number of nitrogens with zero attached hydrogens (tertiary/aromatic N) is 2. The average molecular weight is 238 g/mol. The number of hydrogen-bond acceptors (Lipinski definition) is 3. The van der Waals surface area contributed by atoms with Crippen LogP contribution in [-0.2, 0) is 6.42 Å². The number of pyridine rings is 2. The summed E-state index contributed by atoms with van der Waals surface area (Å²) in [4.78, 5) is 20.9. The lowest BCUT2D eigenvalue weighted by molar-refractivity contribution is 0.0962. The average Bonchev–Trinajstić information content (AvgIpc) is 2.39. The molecule has 18 heavy (non-hydrogen) atoms. The first-order valence-electron chi connectivity index (χ1n) is 6.14. The summed E-state index contributed by atoms with van der Waals surface area (Å²) in [6, 6.07) is 7.74. The lowest BCUT2D eigenvalue weighted by Gasteiger charge is -2.23. The van der Waals surface area contributed by atoms with Crippen molar-refractivity contribution in [1.82, 2.24) is 9.97 Å². The van der Waals surface area contributed by atoms with Crippen molar-refractivity contribution in [3.63, 3.8) is 0 Å². The Hall–Kier alpha value is -2.03. The van der Waals surface area contributed by atoms with Crippen LogP contribution in [0.1, 0.15) is 39.6 Å². The van der Waals surface area contributed by atoms with Crippen LogP contribution in [0.2, 0.25) is 0 Å². The SMILES string of the molecule is Cc1ccnc2c1C(=O)C[C@@H](c1ccccn1)C2. The second kappa shape index (κ2) is 4.33. The van der Waals surface area contributed by atoms with Crippen LogP contribution in [0.15, 0.2) is 36.7 Å². The minimum absolute atomic E-state index is 0.167. The Bertz CT molecular complexity index is 593. The fraction of sp³-hybridized carbons (Fsp3) is 0.267. The number of carbonyl (C=O) groups is 1. The van der Waals surface area contributed by atoms with E-state index in [2.05, 4.69) is 9.97 Å². The highest BCUT2D eigenvalue weighted by molar-refractivity contribution is 5.99. The summed E-state index contributed by atoms with van der Waals surface area (Å²) in [6.07, 6.45) is 4.90. The number of ketones is 1. The predicted molar refractivity (Wildman–Crippen MR) is 68.6 cm³/mol. The van der Waals surface area contributed by atoms with Crippen LogP contribution in [0.25, 0.3) is 0 Å². The monoisotopic (exact) mass is 238 g/mol. The fourth-order valence-corrected chi connectivity index (χ4v) is 2.61. The third-order valence-electron chi connectivity index (χ3n) is 3.49. The Kier molecular flexibility index (Phi) is 2.67. The molecule has 0 aromatic carbocycles. The van der Waals surface area contributed by atoms with Crippen LogP contribution in [-0.4, -0.2) is 15.8 Å². The van der Waals surface area contributed by atoms with Gasteiger partial charge in [-0.05, 0) is 37.1 Å². The molecule has 1 atom stereocenters. The van der Waals surface area contributed by atoms with E-state index in [9.17, 15) is 4.79 Å². The van der Waals surface area contributed by atoms with Gasteiger partial charge in [-0.1, -0.05) is 6.07 Å². The second-order valence-electron chi connectivity index (χ2n) is 4.73. The lowest BCUT2D eigenvalue weighted by Crippen LogP contribution is -2.21. The Morgan fingerprint density at radius 2 is 2.00 bits per heavy atom. The van der Waals surface area contributed by atoms with E-state index in [4.69, 9.17) is 0 Å². The van der Waals surface area contributed by atoms with Gasteiger partial charge in [0, 0.05) is 36.0 Å². The number of Topliss-reactive ketones (excluding diaryl/α,β-unsaturated/α-hetero) is 1. The maximum absolute atomic E-state index is 12.2. The van der Waals surface area contributed by atoms with Crippen LogP contribution in [0.4, 0.5) is 0 Å². The molecule has 1 aliphatic carbocycles. The summed E-state index contributed by atoms with van der Waals surface area (Å²) in [7, 11) is 0. The Morgan fingerprint density at radius 3 is 2.78 bits per heavy atom. The highest BCUT2D eigenvalue weighted by Gasteiger charge is 2.28. The fourth-order valence-electron chi connectivity index (χ4n) is 2.61. The number of hydrogen-bond donors (Lipinski definition) is 0. The molecular formula is C15H14N2O. The van der Waals surface area contributed by atoms with Gasteiger partial charge in [0.2, 0.25) is 0 Å². The highest BCUT2D eigenvalue weighted by Crippen LogP contribution is 2.31. The van der Waals surface area contributed by atoms with Crippen LogP contribution >= 0.6 is 0 Å². The normalized spacial score (nSPS) is 18.5. The number of carbonyl (C=O) groups excluding carboxylic acids is 1. The third-order valence-corrected chi connectivity index (χ3v) is 3.49. The van der Waals surface area contributed by atoms with E-state index in [-0.39, 0.29) is 11.7 Å². The molecule has 2 aromatic heterocycles. The molecule has 90 valence electrons. The zero-order valence-electron chi connectivity index (χ0n) is 10.3. The summed E-state index contributed by atoms with van der Waals surface area (Å²) in [5, 5.41) is 0. The molecule has 0 spiro atoms. The van der Waals surface area contributed by atoms with E-state index in [1.165, 1.54) is 0 Å². The van der Waals surface area contributed by atoms with E-state index in [0.717, 1.165) is 28.9 Å². The van der Waals surface area contributed by atoms with Gasteiger partial charge < -0.3 is 0 Å². The molecule has 0 bridgehead atoms. The first-order valence-corrected chi connectivity index (χ1v) is 6.14. The van der Waals surface area contributed by atoms with Gasteiger partial charge in [-0.2, -0.15) is 0 Å². The number of aryl methyl sites for hydroxylation is 1. The van der Waals surface area contributed by atoms with Crippen LogP contribution in [0.3, 0.4) is 0 Å². The van der Waals surface area contributed by atoms with E-state index in [1.807, 2.05) is 31.2 Å². The summed E-state index contributed by atoms with van der Waals surface area (Å²) >= 11 is 0. The lowest BCUT2D eigenvalue weighted by atomic mass is 9.82. The topological polar surface area (TPSA) is 42.9 Å². The zero-order chi connectivity index (χ0) is 12.5. The van der Waals surface area contributed by atoms with Crippen molar-refractivity contribution in [1.29, 1.82) is 0 Å². The molecular weight excluding hydrogens is 224 g/mol. The van der Waals surface area contributed by atoms with Crippen molar-refractivity contribution in [3.05, 3.63) is 59.2 Å². The Morgan fingerprint density at radius 1 is 1.11 bits per heavy atom. The van der Waals surface area contributed by atoms with E-state index in [1.54, 1.807) is 12.4 Å². The maximum Gasteiger partial charge on any atom is 0.165 e.